The number of ether oxygens (including phenoxy) is 1. The molecule has 15 N–H and O–H groups in total. The summed E-state index contributed by atoms with van der Waals surface area (Å²) < 4.78 is 5.36. The number of H-pyrrole nitrogens is 7. The molecule has 0 atom stereocenters. The number of aliphatic hydroxyl groups excluding tert-OH is 1. The molecule has 1 amide bonds. The van der Waals surface area contributed by atoms with E-state index in [1.807, 2.05) is 15.0 Å². The van der Waals surface area contributed by atoms with Gasteiger partial charge in [-0.15, -0.1) is 11.6 Å². The zero-order chi connectivity index (χ0) is 41.5. The van der Waals surface area contributed by atoms with Crippen LogP contribution in [0.5, 0.6) is 5.88 Å². The summed E-state index contributed by atoms with van der Waals surface area (Å²) in [6, 6.07) is 5.16. The molecular formula is C29H41ClN12O13. The van der Waals surface area contributed by atoms with Crippen molar-refractivity contribution >= 4 is 35.0 Å². The number of aromatic amines is 7. The molecule has 0 bridgehead atoms. The van der Waals surface area contributed by atoms with Crippen molar-refractivity contribution < 1.29 is 29.3 Å². The van der Waals surface area contributed by atoms with Gasteiger partial charge in [0.15, 0.2) is 5.88 Å². The minimum Gasteiger partial charge on any atom is -0.494 e. The van der Waals surface area contributed by atoms with Crippen molar-refractivity contribution in [2.75, 3.05) is 7.11 Å². The number of carbonyl (C=O) groups is 3. The van der Waals surface area contributed by atoms with E-state index in [9.17, 15) is 47.9 Å². The molecule has 0 aliphatic rings. The molecule has 5 aromatic heterocycles. The number of imidazole rings is 1. The fraction of sp³-hybridized carbons (Fsp3) is 0.276. The van der Waals surface area contributed by atoms with Gasteiger partial charge in [-0.05, 0) is 6.92 Å². The number of rotatable bonds is 4. The maximum absolute atomic E-state index is 11.2. The lowest BCUT2D eigenvalue weighted by Crippen LogP contribution is -2.27. The Morgan fingerprint density at radius 1 is 0.764 bits per heavy atom. The average molecular weight is 801 g/mol. The summed E-state index contributed by atoms with van der Waals surface area (Å²) in [5, 5.41) is 18.5. The summed E-state index contributed by atoms with van der Waals surface area (Å²) in [6.07, 6.45) is 1.53. The van der Waals surface area contributed by atoms with Crippen molar-refractivity contribution in [3.63, 3.8) is 0 Å². The van der Waals surface area contributed by atoms with Gasteiger partial charge in [0.25, 0.3) is 16.7 Å². The third-order valence-electron chi connectivity index (χ3n) is 5.32. The minimum atomic E-state index is -0.576. The Morgan fingerprint density at radius 3 is 1.60 bits per heavy atom. The van der Waals surface area contributed by atoms with Crippen LogP contribution >= 0.6 is 11.6 Å². The second-order valence-corrected chi connectivity index (χ2v) is 9.96. The van der Waals surface area contributed by atoms with Gasteiger partial charge in [0.2, 0.25) is 5.91 Å². The summed E-state index contributed by atoms with van der Waals surface area (Å²) in [5.74, 6) is -0.751. The van der Waals surface area contributed by atoms with E-state index in [-0.39, 0.29) is 42.6 Å². The number of aliphatic hydroxyl groups is 1. The van der Waals surface area contributed by atoms with Gasteiger partial charge in [-0.2, -0.15) is 0 Å². The van der Waals surface area contributed by atoms with E-state index in [1.165, 1.54) is 55.6 Å². The number of fused-ring (bicyclic) bond motifs is 1. The highest BCUT2D eigenvalue weighted by atomic mass is 35.5. The predicted octanol–water partition coefficient (Wildman–Crippen LogP) is -3.07. The number of esters is 2. The zero-order valence-electron chi connectivity index (χ0n) is 30.0. The molecule has 5 aromatic rings. The van der Waals surface area contributed by atoms with E-state index >= 15 is 0 Å². The monoisotopic (exact) mass is 800 g/mol. The predicted molar refractivity (Wildman–Crippen MR) is 196 cm³/mol. The highest BCUT2D eigenvalue weighted by molar-refractivity contribution is 6.16. The van der Waals surface area contributed by atoms with Crippen LogP contribution < -0.4 is 56.6 Å². The van der Waals surface area contributed by atoms with Crippen molar-refractivity contribution in [2.45, 2.75) is 46.7 Å². The second kappa shape index (κ2) is 25.9. The molecule has 0 aliphatic heterocycles. The third kappa shape index (κ3) is 21.2. The normalized spacial score (nSPS) is 9.24. The number of amides is 1. The molecule has 5 rings (SSSR count). The van der Waals surface area contributed by atoms with Gasteiger partial charge < -0.3 is 47.1 Å². The molecule has 302 valence electrons. The smallest absolute Gasteiger partial charge is 0.334 e. The summed E-state index contributed by atoms with van der Waals surface area (Å²) in [5.41, 5.74) is 3.66. The van der Waals surface area contributed by atoms with Crippen LogP contribution in [0, 0.1) is 6.92 Å². The summed E-state index contributed by atoms with van der Waals surface area (Å²) in [6.45, 7) is 5.75. The zero-order valence-corrected chi connectivity index (χ0v) is 30.7. The molecular weight excluding hydrogens is 760 g/mol. The van der Waals surface area contributed by atoms with E-state index in [4.69, 9.17) is 27.5 Å². The van der Waals surface area contributed by atoms with Gasteiger partial charge in [-0.1, -0.05) is 0 Å². The number of aromatic hydroxyl groups is 1. The Morgan fingerprint density at radius 2 is 1.20 bits per heavy atom. The number of hydrogen-bond acceptors (Lipinski definition) is 16. The van der Waals surface area contributed by atoms with Crippen molar-refractivity contribution in [3.8, 4) is 5.88 Å². The van der Waals surface area contributed by atoms with E-state index in [0.29, 0.717) is 28.4 Å². The lowest BCUT2D eigenvalue weighted by molar-refractivity contribution is -0.156. The van der Waals surface area contributed by atoms with E-state index in [2.05, 4.69) is 35.0 Å². The van der Waals surface area contributed by atoms with Crippen LogP contribution in [0.2, 0.25) is 0 Å². The van der Waals surface area contributed by atoms with Gasteiger partial charge in [-0.25, -0.2) is 28.6 Å². The lowest BCUT2D eigenvalue weighted by Gasteiger charge is -1.99. The highest BCUT2D eigenvalue weighted by Gasteiger charge is 2.03. The quantitative estimate of drug-likeness (QED) is 0.0487. The Kier molecular flexibility index (Phi) is 23.6. The first kappa shape index (κ1) is 50.1. The van der Waals surface area contributed by atoms with Crippen LogP contribution in [0.25, 0.3) is 5.52 Å². The summed E-state index contributed by atoms with van der Waals surface area (Å²) in [7, 11) is 1.00. The first-order valence-corrected chi connectivity index (χ1v) is 15.2. The number of halogens is 1. The van der Waals surface area contributed by atoms with Gasteiger partial charge in [0.1, 0.15) is 5.82 Å². The summed E-state index contributed by atoms with van der Waals surface area (Å²) in [4.78, 5) is 124. The molecule has 55 heavy (non-hydrogen) atoms. The van der Waals surface area contributed by atoms with Crippen molar-refractivity contribution in [2.24, 2.45) is 5.73 Å². The van der Waals surface area contributed by atoms with E-state index in [0.717, 1.165) is 7.11 Å². The van der Waals surface area contributed by atoms with Crippen LogP contribution in [-0.2, 0) is 38.1 Å². The number of alkyl halides is 1. The average Bonchev–Trinajstić information content (AvgIpc) is 3.44. The SMILES string of the molecule is CC(=O)NCc1cc(=O)[nH]c(=O)[nH]1.CC(=O)OC(C)=O.CO.Cc1ncc2cc(O)[nH]c(=O)n12.N.NCc1cc(=O)[nH]c(=O)[nH]1.O=c1cc(CCl)[nH]c(=O)[nH]1. The van der Waals surface area contributed by atoms with E-state index < -0.39 is 45.7 Å². The van der Waals surface area contributed by atoms with Crippen LogP contribution in [0.1, 0.15) is 43.7 Å². The Labute approximate surface area is 311 Å². The fourth-order valence-electron chi connectivity index (χ4n) is 3.43. The van der Waals surface area contributed by atoms with Gasteiger partial charge >= 0.3 is 34.7 Å². The Bertz CT molecular complexity index is 2240. The lowest BCUT2D eigenvalue weighted by atomic mass is 10.4. The topological polar surface area (TPSA) is 421 Å². The number of carbonyl (C=O) groups excluding carboxylic acids is 3. The second-order valence-electron chi connectivity index (χ2n) is 9.70. The number of nitrogens with one attached hydrogen (secondary N) is 8. The standard InChI is InChI=1S/C7H9N3O3.C7H7N3O2.C5H5ClN2O2.C5H7N3O2.C4H6O3.CH4O.H3N/c1-4(11)8-3-5-2-6(12)10-7(13)9-5;1-4-8-3-5-2-6(11)9-7(12)10(4)5;2*6-2-3-1-4(9)8-5(10)7-3;1-3(5)7-4(2)6;1-2;/h2H,3H2,1H3,(H,8,11)(H2,9,10,12,13);2-3,11H,1H3,(H,9,12);1H,2H2,(H2,7,8,9,10);1H,2,6H2,(H2,7,8,9,10);1-2H3;2H,1H3;1H3. The third-order valence-corrected chi connectivity index (χ3v) is 5.60. The molecule has 0 aromatic carbocycles. The molecule has 0 aliphatic carbocycles. The molecule has 25 nitrogen and oxygen atoms in total. The fourth-order valence-corrected chi connectivity index (χ4v) is 3.57. The number of nitrogens with two attached hydrogens (primary N) is 1. The van der Waals surface area contributed by atoms with Crippen LogP contribution in [0.4, 0.5) is 0 Å². The summed E-state index contributed by atoms with van der Waals surface area (Å²) >= 11 is 5.35. The van der Waals surface area contributed by atoms with E-state index in [1.54, 1.807) is 6.92 Å². The largest absolute Gasteiger partial charge is 0.494 e. The van der Waals surface area contributed by atoms with Gasteiger partial charge in [0, 0.05) is 75.8 Å². The maximum atomic E-state index is 11.2. The number of aryl methyl sites for hydroxylation is 1. The van der Waals surface area contributed by atoms with Crippen molar-refractivity contribution in [1.82, 2.24) is 55.7 Å². The van der Waals surface area contributed by atoms with Gasteiger partial charge in [0.05, 0.1) is 24.1 Å². The van der Waals surface area contributed by atoms with Crippen LogP contribution in [0.3, 0.4) is 0 Å². The van der Waals surface area contributed by atoms with Crippen LogP contribution in [-0.4, -0.2) is 79.4 Å². The number of hydrogen-bond donors (Lipinski definition) is 12. The van der Waals surface area contributed by atoms with Crippen LogP contribution in [0.15, 0.2) is 64.0 Å². The van der Waals surface area contributed by atoms with Crippen molar-refractivity contribution in [3.05, 3.63) is 126 Å². The molecule has 0 radical (unpaired) electrons. The molecule has 5 heterocycles. The number of nitrogens with zero attached hydrogens (tertiary/aromatic N) is 2. The minimum absolute atomic E-state index is 0. The first-order valence-electron chi connectivity index (χ1n) is 14.7. The maximum Gasteiger partial charge on any atom is 0.334 e. The first-order chi connectivity index (χ1) is 25.3. The van der Waals surface area contributed by atoms with Gasteiger partial charge in [-0.3, -0.25) is 48.7 Å². The molecule has 0 saturated carbocycles. The van der Waals surface area contributed by atoms with Crippen molar-refractivity contribution in [1.29, 1.82) is 0 Å². The molecule has 0 spiro atoms. The number of aromatic nitrogens is 9. The Hall–Kier alpha value is -6.96. The molecule has 0 saturated heterocycles. The Balaban J connectivity index is 0. The molecule has 0 fully saturated rings. The highest BCUT2D eigenvalue weighted by Crippen LogP contribution is 2.07. The molecule has 0 unspecified atom stereocenters. The molecule has 26 heteroatoms.